The molecule has 2 amide bonds. The Hall–Kier alpha value is -0.850. The van der Waals surface area contributed by atoms with E-state index < -0.39 is 0 Å². The average molecular weight is 334 g/mol. The molecular formula is C15H28ClN3O3. The Morgan fingerprint density at radius 3 is 2.68 bits per heavy atom. The second-order valence-corrected chi connectivity index (χ2v) is 6.04. The Labute approximate surface area is 138 Å². The fourth-order valence-electron chi connectivity index (χ4n) is 2.67. The van der Waals surface area contributed by atoms with Gasteiger partial charge in [-0.05, 0) is 38.0 Å². The van der Waals surface area contributed by atoms with Crippen molar-refractivity contribution in [2.45, 2.75) is 44.6 Å². The van der Waals surface area contributed by atoms with E-state index in [4.69, 9.17) is 10.5 Å². The zero-order valence-corrected chi connectivity index (χ0v) is 13.9. The Balaban J connectivity index is 0.00000242. The summed E-state index contributed by atoms with van der Waals surface area (Å²) in [4.78, 5) is 25.6. The van der Waals surface area contributed by atoms with E-state index in [2.05, 4.69) is 5.32 Å². The van der Waals surface area contributed by atoms with Crippen molar-refractivity contribution in [2.24, 2.45) is 11.7 Å². The Morgan fingerprint density at radius 1 is 1.23 bits per heavy atom. The number of nitrogens with two attached hydrogens (primary N) is 1. The number of halogens is 1. The van der Waals surface area contributed by atoms with Crippen LogP contribution in [0.15, 0.2) is 0 Å². The van der Waals surface area contributed by atoms with Gasteiger partial charge in [-0.3, -0.25) is 9.59 Å². The third kappa shape index (κ3) is 6.50. The van der Waals surface area contributed by atoms with Gasteiger partial charge in [-0.1, -0.05) is 0 Å². The SMILES string of the molecule is Cl.NCCC(=O)NCC1CCCCN1C(=O)COCC1CC1. The molecule has 1 unspecified atom stereocenters. The van der Waals surface area contributed by atoms with Crippen molar-refractivity contribution in [3.63, 3.8) is 0 Å². The molecule has 0 aromatic heterocycles. The molecule has 1 aliphatic carbocycles. The highest BCUT2D eigenvalue weighted by Crippen LogP contribution is 2.28. The average Bonchev–Trinajstić information content (AvgIpc) is 3.30. The van der Waals surface area contributed by atoms with E-state index in [0.29, 0.717) is 32.0 Å². The molecule has 2 rings (SSSR count). The molecule has 22 heavy (non-hydrogen) atoms. The Kier molecular flexibility index (Phi) is 8.75. The zero-order chi connectivity index (χ0) is 15.1. The van der Waals surface area contributed by atoms with Gasteiger partial charge in [0.05, 0.1) is 6.61 Å². The normalized spacial score (nSPS) is 21.1. The molecule has 7 heteroatoms. The topological polar surface area (TPSA) is 84.7 Å². The minimum atomic E-state index is -0.0412. The molecule has 1 aliphatic heterocycles. The van der Waals surface area contributed by atoms with Gasteiger partial charge in [0.2, 0.25) is 11.8 Å². The summed E-state index contributed by atoms with van der Waals surface area (Å²) in [5.41, 5.74) is 5.36. The summed E-state index contributed by atoms with van der Waals surface area (Å²) in [6, 6.07) is 0.0949. The van der Waals surface area contributed by atoms with E-state index in [1.165, 1.54) is 12.8 Å². The van der Waals surface area contributed by atoms with E-state index in [-0.39, 0.29) is 36.9 Å². The fourth-order valence-corrected chi connectivity index (χ4v) is 2.67. The van der Waals surface area contributed by atoms with Crippen LogP contribution in [0.3, 0.4) is 0 Å². The lowest BCUT2D eigenvalue weighted by atomic mass is 10.0. The number of carbonyl (C=O) groups excluding carboxylic acids is 2. The lowest BCUT2D eigenvalue weighted by Gasteiger charge is -2.35. The zero-order valence-electron chi connectivity index (χ0n) is 13.1. The number of nitrogens with one attached hydrogen (secondary N) is 1. The fraction of sp³-hybridized carbons (Fsp3) is 0.867. The van der Waals surface area contributed by atoms with Crippen molar-refractivity contribution in [3.05, 3.63) is 0 Å². The van der Waals surface area contributed by atoms with Crippen LogP contribution in [0, 0.1) is 5.92 Å². The molecule has 0 radical (unpaired) electrons. The Bertz CT molecular complexity index is 364. The molecular weight excluding hydrogens is 306 g/mol. The molecule has 128 valence electrons. The van der Waals surface area contributed by atoms with Crippen LogP contribution in [0.4, 0.5) is 0 Å². The molecule has 2 aliphatic rings. The Morgan fingerprint density at radius 2 is 2.00 bits per heavy atom. The second-order valence-electron chi connectivity index (χ2n) is 6.04. The van der Waals surface area contributed by atoms with E-state index >= 15 is 0 Å². The molecule has 0 aromatic rings. The number of ether oxygens (including phenoxy) is 1. The predicted octanol–water partition coefficient (Wildman–Crippen LogP) is 0.681. The first-order valence-corrected chi connectivity index (χ1v) is 8.04. The lowest BCUT2D eigenvalue weighted by Crippen LogP contribution is -2.50. The monoisotopic (exact) mass is 333 g/mol. The molecule has 0 aromatic carbocycles. The van der Waals surface area contributed by atoms with Gasteiger partial charge < -0.3 is 20.7 Å². The molecule has 0 spiro atoms. The summed E-state index contributed by atoms with van der Waals surface area (Å²) in [5, 5.41) is 2.87. The molecule has 2 fully saturated rings. The highest BCUT2D eigenvalue weighted by atomic mass is 35.5. The number of carbonyl (C=O) groups is 2. The summed E-state index contributed by atoms with van der Waals surface area (Å²) in [6.07, 6.45) is 5.87. The maximum absolute atomic E-state index is 12.2. The molecule has 6 nitrogen and oxygen atoms in total. The van der Waals surface area contributed by atoms with E-state index in [1.54, 1.807) is 0 Å². The predicted molar refractivity (Wildman–Crippen MR) is 86.8 cm³/mol. The van der Waals surface area contributed by atoms with Gasteiger partial charge in [0.1, 0.15) is 6.61 Å². The minimum absolute atomic E-state index is 0. The van der Waals surface area contributed by atoms with Crippen LogP contribution in [-0.4, -0.2) is 55.6 Å². The van der Waals surface area contributed by atoms with Gasteiger partial charge in [0.25, 0.3) is 0 Å². The van der Waals surface area contributed by atoms with Crippen LogP contribution in [0.2, 0.25) is 0 Å². The van der Waals surface area contributed by atoms with E-state index in [1.807, 2.05) is 4.90 Å². The molecule has 1 saturated carbocycles. The summed E-state index contributed by atoms with van der Waals surface area (Å²) in [5.74, 6) is 0.680. The maximum atomic E-state index is 12.2. The van der Waals surface area contributed by atoms with Gasteiger partial charge in [-0.25, -0.2) is 0 Å². The van der Waals surface area contributed by atoms with Crippen molar-refractivity contribution in [3.8, 4) is 0 Å². The summed E-state index contributed by atoms with van der Waals surface area (Å²) >= 11 is 0. The van der Waals surface area contributed by atoms with Crippen LogP contribution in [0.5, 0.6) is 0 Å². The van der Waals surface area contributed by atoms with Gasteiger partial charge in [0, 0.05) is 32.1 Å². The van der Waals surface area contributed by atoms with Crippen LogP contribution in [0.1, 0.15) is 38.5 Å². The van der Waals surface area contributed by atoms with Crippen molar-refractivity contribution in [1.82, 2.24) is 10.2 Å². The highest BCUT2D eigenvalue weighted by Gasteiger charge is 2.27. The lowest BCUT2D eigenvalue weighted by molar-refractivity contribution is -0.140. The number of amides is 2. The largest absolute Gasteiger partial charge is 0.371 e. The quantitative estimate of drug-likeness (QED) is 0.684. The first-order chi connectivity index (χ1) is 10.2. The number of nitrogens with zero attached hydrogens (tertiary/aromatic N) is 1. The van der Waals surface area contributed by atoms with Crippen LogP contribution in [0.25, 0.3) is 0 Å². The van der Waals surface area contributed by atoms with Gasteiger partial charge >= 0.3 is 0 Å². The van der Waals surface area contributed by atoms with Crippen LogP contribution in [-0.2, 0) is 14.3 Å². The van der Waals surface area contributed by atoms with Gasteiger partial charge in [0.15, 0.2) is 0 Å². The van der Waals surface area contributed by atoms with E-state index in [0.717, 1.165) is 25.8 Å². The van der Waals surface area contributed by atoms with Crippen LogP contribution < -0.4 is 11.1 Å². The smallest absolute Gasteiger partial charge is 0.248 e. The minimum Gasteiger partial charge on any atom is -0.371 e. The third-order valence-corrected chi connectivity index (χ3v) is 4.13. The molecule has 1 atom stereocenters. The maximum Gasteiger partial charge on any atom is 0.248 e. The summed E-state index contributed by atoms with van der Waals surface area (Å²) in [6.45, 7) is 2.52. The van der Waals surface area contributed by atoms with Crippen molar-refractivity contribution >= 4 is 24.2 Å². The summed E-state index contributed by atoms with van der Waals surface area (Å²) in [7, 11) is 0. The number of rotatable bonds is 8. The van der Waals surface area contributed by atoms with Crippen molar-refractivity contribution in [1.29, 1.82) is 0 Å². The standard InChI is InChI=1S/C15H27N3O3.ClH/c16-7-6-14(19)17-9-13-3-1-2-8-18(13)15(20)11-21-10-12-4-5-12;/h12-13H,1-11,16H2,(H,17,19);1H. The first kappa shape index (κ1) is 19.2. The van der Waals surface area contributed by atoms with E-state index in [9.17, 15) is 9.59 Å². The van der Waals surface area contributed by atoms with Crippen LogP contribution >= 0.6 is 12.4 Å². The molecule has 3 N–H and O–H groups in total. The molecule has 1 saturated heterocycles. The molecule has 0 bridgehead atoms. The van der Waals surface area contributed by atoms with Gasteiger partial charge in [-0.2, -0.15) is 0 Å². The number of hydrogen-bond acceptors (Lipinski definition) is 4. The highest BCUT2D eigenvalue weighted by molar-refractivity contribution is 5.85. The number of piperidine rings is 1. The number of hydrogen-bond donors (Lipinski definition) is 2. The van der Waals surface area contributed by atoms with Crippen molar-refractivity contribution < 1.29 is 14.3 Å². The third-order valence-electron chi connectivity index (χ3n) is 4.13. The number of likely N-dealkylation sites (tertiary alicyclic amines) is 1. The second kappa shape index (κ2) is 10.0. The first-order valence-electron chi connectivity index (χ1n) is 8.04. The summed E-state index contributed by atoms with van der Waals surface area (Å²) < 4.78 is 5.49. The van der Waals surface area contributed by atoms with Crippen molar-refractivity contribution in [2.75, 3.05) is 32.8 Å². The molecule has 1 heterocycles. The van der Waals surface area contributed by atoms with Gasteiger partial charge in [-0.15, -0.1) is 12.4 Å².